The number of nitrogens with zero attached hydrogens (tertiary/aromatic N) is 2. The summed E-state index contributed by atoms with van der Waals surface area (Å²) in [5.41, 5.74) is 5.35. The number of aryl methyl sites for hydroxylation is 1. The topological polar surface area (TPSA) is 83.4 Å². The first-order valence-electron chi connectivity index (χ1n) is 5.78. The first-order chi connectivity index (χ1) is 8.10. The minimum Gasteiger partial charge on any atom is -0.385 e. The summed E-state index contributed by atoms with van der Waals surface area (Å²) in [6.07, 6.45) is 1.55. The van der Waals surface area contributed by atoms with Gasteiger partial charge in [0.05, 0.1) is 6.61 Å². The van der Waals surface area contributed by atoms with E-state index in [-0.39, 0.29) is 0 Å². The molecule has 0 spiro atoms. The summed E-state index contributed by atoms with van der Waals surface area (Å²) in [6.45, 7) is 5.41. The van der Waals surface area contributed by atoms with E-state index >= 15 is 0 Å². The van der Waals surface area contributed by atoms with Crippen LogP contribution in [0.4, 0.5) is 0 Å². The molecule has 1 unspecified atom stereocenters. The fraction of sp³-hybridized carbons (Fsp3) is 0.818. The largest absolute Gasteiger partial charge is 0.385 e. The standard InChI is InChI=1S/C11H21N3O3/c1-4-16-8-11(2,12)10-13-9(17-14-10)6-5-7-15-3/h4-8,12H2,1-3H3. The molecular weight excluding hydrogens is 222 g/mol. The lowest BCUT2D eigenvalue weighted by atomic mass is 10.1. The van der Waals surface area contributed by atoms with E-state index < -0.39 is 5.54 Å². The van der Waals surface area contributed by atoms with E-state index in [1.807, 2.05) is 13.8 Å². The van der Waals surface area contributed by atoms with Gasteiger partial charge in [-0.1, -0.05) is 5.16 Å². The Morgan fingerprint density at radius 3 is 2.88 bits per heavy atom. The summed E-state index contributed by atoms with van der Waals surface area (Å²) >= 11 is 0. The van der Waals surface area contributed by atoms with Crippen molar-refractivity contribution in [2.24, 2.45) is 5.73 Å². The predicted molar refractivity (Wildman–Crippen MR) is 62.5 cm³/mol. The second kappa shape index (κ2) is 6.68. The average Bonchev–Trinajstić information content (AvgIpc) is 2.76. The zero-order chi connectivity index (χ0) is 12.7. The Balaban J connectivity index is 2.53. The zero-order valence-corrected chi connectivity index (χ0v) is 10.7. The molecule has 0 amide bonds. The molecule has 6 heteroatoms. The molecule has 1 atom stereocenters. The second-order valence-electron chi connectivity index (χ2n) is 4.16. The molecule has 1 heterocycles. The second-order valence-corrected chi connectivity index (χ2v) is 4.16. The molecule has 6 nitrogen and oxygen atoms in total. The van der Waals surface area contributed by atoms with Crippen molar-refractivity contribution >= 4 is 0 Å². The van der Waals surface area contributed by atoms with E-state index in [2.05, 4.69) is 10.1 Å². The normalized spacial score (nSPS) is 14.8. The highest BCUT2D eigenvalue weighted by atomic mass is 16.5. The number of hydrogen-bond donors (Lipinski definition) is 1. The van der Waals surface area contributed by atoms with Crippen molar-refractivity contribution in [1.29, 1.82) is 0 Å². The fourth-order valence-corrected chi connectivity index (χ4v) is 1.33. The Bertz CT molecular complexity index is 326. The Kier molecular flexibility index (Phi) is 5.54. The van der Waals surface area contributed by atoms with Gasteiger partial charge in [0, 0.05) is 26.7 Å². The van der Waals surface area contributed by atoms with E-state index in [1.54, 1.807) is 7.11 Å². The summed E-state index contributed by atoms with van der Waals surface area (Å²) in [5, 5.41) is 3.89. The number of rotatable bonds is 8. The third-order valence-corrected chi connectivity index (χ3v) is 2.32. The summed E-state index contributed by atoms with van der Waals surface area (Å²) in [4.78, 5) is 4.27. The van der Waals surface area contributed by atoms with E-state index in [4.69, 9.17) is 19.7 Å². The van der Waals surface area contributed by atoms with Gasteiger partial charge < -0.3 is 19.7 Å². The van der Waals surface area contributed by atoms with Crippen LogP contribution in [0.5, 0.6) is 0 Å². The van der Waals surface area contributed by atoms with Crippen molar-refractivity contribution < 1.29 is 14.0 Å². The molecule has 98 valence electrons. The van der Waals surface area contributed by atoms with Crippen LogP contribution in [0.2, 0.25) is 0 Å². The molecule has 1 aromatic rings. The maximum atomic E-state index is 6.06. The lowest BCUT2D eigenvalue weighted by Crippen LogP contribution is -2.39. The van der Waals surface area contributed by atoms with Gasteiger partial charge in [-0.15, -0.1) is 0 Å². The highest BCUT2D eigenvalue weighted by Crippen LogP contribution is 2.15. The number of nitrogens with two attached hydrogens (primary N) is 1. The van der Waals surface area contributed by atoms with Gasteiger partial charge in [0.25, 0.3) is 0 Å². The third-order valence-electron chi connectivity index (χ3n) is 2.32. The molecule has 0 bridgehead atoms. The van der Waals surface area contributed by atoms with Crippen LogP contribution in [0.1, 0.15) is 32.0 Å². The Labute approximate surface area is 101 Å². The van der Waals surface area contributed by atoms with Crippen molar-refractivity contribution in [2.45, 2.75) is 32.2 Å². The molecule has 0 aromatic carbocycles. The van der Waals surface area contributed by atoms with E-state index in [1.165, 1.54) is 0 Å². The van der Waals surface area contributed by atoms with Crippen molar-refractivity contribution in [1.82, 2.24) is 10.1 Å². The van der Waals surface area contributed by atoms with E-state index in [0.29, 0.717) is 38.0 Å². The van der Waals surface area contributed by atoms with Crippen LogP contribution in [-0.2, 0) is 21.4 Å². The van der Waals surface area contributed by atoms with Gasteiger partial charge >= 0.3 is 0 Å². The maximum absolute atomic E-state index is 6.06. The molecule has 17 heavy (non-hydrogen) atoms. The van der Waals surface area contributed by atoms with E-state index in [9.17, 15) is 0 Å². The molecule has 0 radical (unpaired) electrons. The Morgan fingerprint density at radius 1 is 1.47 bits per heavy atom. The van der Waals surface area contributed by atoms with Crippen LogP contribution < -0.4 is 5.73 Å². The van der Waals surface area contributed by atoms with Gasteiger partial charge in [-0.25, -0.2) is 0 Å². The molecule has 0 fully saturated rings. The molecule has 2 N–H and O–H groups in total. The summed E-state index contributed by atoms with van der Waals surface area (Å²) < 4.78 is 15.4. The maximum Gasteiger partial charge on any atom is 0.226 e. The lowest BCUT2D eigenvalue weighted by Gasteiger charge is -2.19. The molecule has 0 aliphatic carbocycles. The fourth-order valence-electron chi connectivity index (χ4n) is 1.33. The molecule has 0 saturated carbocycles. The molecule has 0 aliphatic heterocycles. The van der Waals surface area contributed by atoms with E-state index in [0.717, 1.165) is 6.42 Å². The monoisotopic (exact) mass is 243 g/mol. The summed E-state index contributed by atoms with van der Waals surface area (Å²) in [6, 6.07) is 0. The van der Waals surface area contributed by atoms with Crippen molar-refractivity contribution in [3.8, 4) is 0 Å². The number of ether oxygens (including phenoxy) is 2. The highest BCUT2D eigenvalue weighted by molar-refractivity contribution is 5.01. The van der Waals surface area contributed by atoms with Crippen LogP contribution >= 0.6 is 0 Å². The predicted octanol–water partition coefficient (Wildman–Crippen LogP) is 0.859. The Hall–Kier alpha value is -0.980. The summed E-state index contributed by atoms with van der Waals surface area (Å²) in [7, 11) is 1.66. The molecule has 1 aromatic heterocycles. The van der Waals surface area contributed by atoms with Crippen LogP contribution in [0.25, 0.3) is 0 Å². The number of aromatic nitrogens is 2. The van der Waals surface area contributed by atoms with Crippen molar-refractivity contribution in [3.63, 3.8) is 0 Å². The first-order valence-corrected chi connectivity index (χ1v) is 5.78. The molecule has 1 rings (SSSR count). The van der Waals surface area contributed by atoms with Crippen LogP contribution in [-0.4, -0.2) is 37.1 Å². The Morgan fingerprint density at radius 2 is 2.24 bits per heavy atom. The van der Waals surface area contributed by atoms with Gasteiger partial charge in [0.15, 0.2) is 5.82 Å². The third kappa shape index (κ3) is 4.41. The first kappa shape index (κ1) is 14.1. The number of methoxy groups -OCH3 is 1. The molecular formula is C11H21N3O3. The van der Waals surface area contributed by atoms with Crippen LogP contribution in [0, 0.1) is 0 Å². The molecule has 0 aliphatic rings. The highest BCUT2D eigenvalue weighted by Gasteiger charge is 2.27. The minimum absolute atomic E-state index is 0.376. The van der Waals surface area contributed by atoms with Gasteiger partial charge in [0.2, 0.25) is 5.89 Å². The van der Waals surface area contributed by atoms with Gasteiger partial charge in [-0.2, -0.15) is 4.98 Å². The minimum atomic E-state index is -0.709. The van der Waals surface area contributed by atoms with Crippen LogP contribution in [0.3, 0.4) is 0 Å². The van der Waals surface area contributed by atoms with Crippen molar-refractivity contribution in [3.05, 3.63) is 11.7 Å². The van der Waals surface area contributed by atoms with Gasteiger partial charge in [-0.05, 0) is 20.3 Å². The smallest absolute Gasteiger partial charge is 0.226 e. The molecule has 0 saturated heterocycles. The van der Waals surface area contributed by atoms with Crippen molar-refractivity contribution in [2.75, 3.05) is 26.9 Å². The van der Waals surface area contributed by atoms with Crippen LogP contribution in [0.15, 0.2) is 4.52 Å². The number of hydrogen-bond acceptors (Lipinski definition) is 6. The van der Waals surface area contributed by atoms with Gasteiger partial charge in [-0.3, -0.25) is 0 Å². The van der Waals surface area contributed by atoms with Gasteiger partial charge in [0.1, 0.15) is 5.54 Å². The lowest BCUT2D eigenvalue weighted by molar-refractivity contribution is 0.0962. The summed E-state index contributed by atoms with van der Waals surface area (Å²) in [5.74, 6) is 1.07. The average molecular weight is 243 g/mol. The quantitative estimate of drug-likeness (QED) is 0.682. The SMILES string of the molecule is CCOCC(C)(N)c1noc(CCCOC)n1. The zero-order valence-electron chi connectivity index (χ0n) is 10.7.